The maximum absolute atomic E-state index is 6.56. The summed E-state index contributed by atoms with van der Waals surface area (Å²) >= 11 is 0. The molecule has 0 aromatic heterocycles. The summed E-state index contributed by atoms with van der Waals surface area (Å²) in [6, 6.07) is 4.77. The highest BCUT2D eigenvalue weighted by Crippen LogP contribution is 2.49. The van der Waals surface area contributed by atoms with Crippen LogP contribution in [0.25, 0.3) is 0 Å². The van der Waals surface area contributed by atoms with Crippen molar-refractivity contribution in [2.75, 3.05) is 6.61 Å². The first-order valence-electron chi connectivity index (χ1n) is 14.7. The molecule has 35 heavy (non-hydrogen) atoms. The third kappa shape index (κ3) is 11.3. The van der Waals surface area contributed by atoms with Gasteiger partial charge in [0, 0.05) is 5.41 Å². The first-order valence-corrected chi connectivity index (χ1v) is 15.8. The van der Waals surface area contributed by atoms with Crippen LogP contribution in [-0.2, 0) is 28.3 Å². The van der Waals surface area contributed by atoms with Crippen molar-refractivity contribution in [1.29, 1.82) is 0 Å². The summed E-state index contributed by atoms with van der Waals surface area (Å²) in [5.41, 5.74) is 4.19. The van der Waals surface area contributed by atoms with Gasteiger partial charge in [0.1, 0.15) is 5.75 Å². The minimum Gasteiger partial charge on any atom is -0.426 e. The molecular formula is C31H53O3P. The first-order chi connectivity index (χ1) is 17.1. The SMILES string of the molecule is C1CC1.CCCCc1cc(CCCC)c(OP2OC=CC(CC)(CCCC)CO2)c(CCCC)c1. The molecule has 1 aromatic rings. The van der Waals surface area contributed by atoms with Crippen LogP contribution < -0.4 is 4.52 Å². The summed E-state index contributed by atoms with van der Waals surface area (Å²) < 4.78 is 18.8. The van der Waals surface area contributed by atoms with E-state index in [1.165, 1.54) is 87.3 Å². The van der Waals surface area contributed by atoms with Gasteiger partial charge in [0.05, 0.1) is 12.9 Å². The van der Waals surface area contributed by atoms with Crippen LogP contribution >= 0.6 is 8.60 Å². The Morgan fingerprint density at radius 3 is 1.89 bits per heavy atom. The average molecular weight is 505 g/mol. The fourth-order valence-electron chi connectivity index (χ4n) is 4.26. The van der Waals surface area contributed by atoms with E-state index >= 15 is 0 Å². The van der Waals surface area contributed by atoms with Crippen LogP contribution in [-0.4, -0.2) is 6.61 Å². The van der Waals surface area contributed by atoms with Crippen LogP contribution in [0.1, 0.15) is 135 Å². The highest BCUT2D eigenvalue weighted by Gasteiger charge is 2.32. The largest absolute Gasteiger partial charge is 0.462 e. The zero-order valence-corrected chi connectivity index (χ0v) is 24.4. The third-order valence-corrected chi connectivity index (χ3v) is 7.96. The fourth-order valence-corrected chi connectivity index (χ4v) is 5.33. The van der Waals surface area contributed by atoms with E-state index in [4.69, 9.17) is 13.6 Å². The molecule has 1 fully saturated rings. The number of benzene rings is 1. The minimum absolute atomic E-state index is 0.0660. The van der Waals surface area contributed by atoms with E-state index in [9.17, 15) is 0 Å². The monoisotopic (exact) mass is 504 g/mol. The fraction of sp³-hybridized carbons (Fsp3) is 0.742. The van der Waals surface area contributed by atoms with E-state index in [-0.39, 0.29) is 5.41 Å². The number of aryl methyl sites for hydroxylation is 3. The molecule has 0 bridgehead atoms. The minimum atomic E-state index is -1.42. The Kier molecular flexibility index (Phi) is 15.0. The first kappa shape index (κ1) is 30.2. The number of rotatable bonds is 15. The van der Waals surface area contributed by atoms with Crippen LogP contribution in [0.2, 0.25) is 0 Å². The number of hydrogen-bond acceptors (Lipinski definition) is 3. The van der Waals surface area contributed by atoms with Crippen molar-refractivity contribution in [3.05, 3.63) is 41.2 Å². The molecule has 4 heteroatoms. The topological polar surface area (TPSA) is 27.7 Å². The molecule has 1 aromatic carbocycles. The van der Waals surface area contributed by atoms with E-state index in [1.807, 2.05) is 6.26 Å². The molecule has 1 aliphatic heterocycles. The van der Waals surface area contributed by atoms with Crippen LogP contribution in [0.15, 0.2) is 24.5 Å². The van der Waals surface area contributed by atoms with Crippen LogP contribution in [0, 0.1) is 5.41 Å². The molecule has 3 nitrogen and oxygen atoms in total. The quantitative estimate of drug-likeness (QED) is 0.222. The Hall–Kier alpha value is -1.05. The molecule has 1 heterocycles. The van der Waals surface area contributed by atoms with E-state index < -0.39 is 8.60 Å². The average Bonchev–Trinajstić information content (AvgIpc) is 3.77. The summed E-state index contributed by atoms with van der Waals surface area (Å²) in [4.78, 5) is 0. The predicted molar refractivity (Wildman–Crippen MR) is 152 cm³/mol. The lowest BCUT2D eigenvalue weighted by atomic mass is 9.81. The number of hydrogen-bond donors (Lipinski definition) is 0. The molecule has 2 atom stereocenters. The van der Waals surface area contributed by atoms with Crippen LogP contribution in [0.5, 0.6) is 5.75 Å². The third-order valence-electron chi connectivity index (χ3n) is 7.00. The standard InChI is InChI=1S/C28H47O3P.C3H6/c1-6-11-15-24-21-25(16-12-7-2)27(26(22-24)17-13-8-3)31-32-29-20-19-28(10-5,23-30-32)18-14-9-4;1-2-3-1/h19-22H,6-18,23H2,1-5H3;1-3H2. The lowest BCUT2D eigenvalue weighted by molar-refractivity contribution is 0.164. The van der Waals surface area contributed by atoms with Crippen molar-refractivity contribution in [1.82, 2.24) is 0 Å². The van der Waals surface area contributed by atoms with Crippen molar-refractivity contribution in [2.24, 2.45) is 5.41 Å². The molecule has 1 saturated carbocycles. The molecule has 1 aliphatic carbocycles. The van der Waals surface area contributed by atoms with Gasteiger partial charge in [-0.05, 0) is 74.1 Å². The molecule has 3 rings (SSSR count). The van der Waals surface area contributed by atoms with Gasteiger partial charge < -0.3 is 9.05 Å². The van der Waals surface area contributed by atoms with E-state index in [0.29, 0.717) is 6.61 Å². The Labute approximate surface area is 218 Å². The van der Waals surface area contributed by atoms with Gasteiger partial charge in [0.15, 0.2) is 0 Å². The predicted octanol–water partition coefficient (Wildman–Crippen LogP) is 10.6. The van der Waals surface area contributed by atoms with Gasteiger partial charge >= 0.3 is 8.60 Å². The summed E-state index contributed by atoms with van der Waals surface area (Å²) in [5, 5.41) is 0. The van der Waals surface area contributed by atoms with Gasteiger partial charge in [-0.3, -0.25) is 4.52 Å². The Morgan fingerprint density at radius 2 is 1.37 bits per heavy atom. The molecule has 0 saturated heterocycles. The normalized spacial score (nSPS) is 21.0. The van der Waals surface area contributed by atoms with Gasteiger partial charge in [-0.2, -0.15) is 0 Å². The molecule has 2 unspecified atom stereocenters. The summed E-state index contributed by atoms with van der Waals surface area (Å²) in [5.74, 6) is 1.03. The van der Waals surface area contributed by atoms with Gasteiger partial charge in [-0.1, -0.05) is 98.1 Å². The Bertz CT molecular complexity index is 698. The summed E-state index contributed by atoms with van der Waals surface area (Å²) in [6.45, 7) is 11.9. The maximum Gasteiger partial charge on any atom is 0.462 e. The van der Waals surface area contributed by atoms with Gasteiger partial charge in [-0.15, -0.1) is 0 Å². The lowest BCUT2D eigenvalue weighted by Crippen LogP contribution is -2.22. The molecule has 0 amide bonds. The van der Waals surface area contributed by atoms with Crippen molar-refractivity contribution in [3.63, 3.8) is 0 Å². The smallest absolute Gasteiger partial charge is 0.426 e. The van der Waals surface area contributed by atoms with Crippen LogP contribution in [0.4, 0.5) is 0 Å². The second-order valence-corrected chi connectivity index (χ2v) is 11.5. The summed E-state index contributed by atoms with van der Waals surface area (Å²) in [6.07, 6.45) is 23.6. The van der Waals surface area contributed by atoms with Crippen molar-refractivity contribution >= 4 is 8.60 Å². The zero-order chi connectivity index (χ0) is 25.4. The van der Waals surface area contributed by atoms with Gasteiger partial charge in [-0.25, -0.2) is 0 Å². The summed E-state index contributed by atoms with van der Waals surface area (Å²) in [7, 11) is -1.42. The highest BCUT2D eigenvalue weighted by molar-refractivity contribution is 7.42. The lowest BCUT2D eigenvalue weighted by Gasteiger charge is -2.27. The molecule has 0 N–H and O–H groups in total. The molecule has 0 radical (unpaired) electrons. The highest BCUT2D eigenvalue weighted by atomic mass is 31.2. The van der Waals surface area contributed by atoms with E-state index in [2.05, 4.69) is 52.8 Å². The molecule has 2 aliphatic rings. The Balaban J connectivity index is 0.00000133. The Morgan fingerprint density at radius 1 is 0.800 bits per heavy atom. The second-order valence-electron chi connectivity index (χ2n) is 10.4. The van der Waals surface area contributed by atoms with E-state index in [1.54, 1.807) is 0 Å². The molecule has 200 valence electrons. The second kappa shape index (κ2) is 17.4. The van der Waals surface area contributed by atoms with Crippen molar-refractivity contribution in [2.45, 2.75) is 137 Å². The van der Waals surface area contributed by atoms with Crippen molar-refractivity contribution < 1.29 is 13.6 Å². The van der Waals surface area contributed by atoms with Gasteiger partial charge in [0.25, 0.3) is 0 Å². The maximum atomic E-state index is 6.56. The van der Waals surface area contributed by atoms with Gasteiger partial charge in [0.2, 0.25) is 0 Å². The number of unbranched alkanes of at least 4 members (excludes halogenated alkanes) is 4. The van der Waals surface area contributed by atoms with Crippen LogP contribution in [0.3, 0.4) is 0 Å². The molecule has 0 spiro atoms. The van der Waals surface area contributed by atoms with Crippen molar-refractivity contribution in [3.8, 4) is 5.75 Å². The zero-order valence-electron chi connectivity index (χ0n) is 23.5. The molecular weight excluding hydrogens is 451 g/mol. The van der Waals surface area contributed by atoms with E-state index in [0.717, 1.165) is 37.9 Å².